The van der Waals surface area contributed by atoms with E-state index in [9.17, 15) is 14.0 Å². The maximum absolute atomic E-state index is 13.3. The number of halogens is 1. The van der Waals surface area contributed by atoms with E-state index in [4.69, 9.17) is 0 Å². The molecule has 1 aliphatic heterocycles. The summed E-state index contributed by atoms with van der Waals surface area (Å²) in [4.78, 5) is 30.7. The normalized spacial score (nSPS) is 12.6. The van der Waals surface area contributed by atoms with Crippen LogP contribution >= 0.6 is 23.5 Å². The van der Waals surface area contributed by atoms with Crippen LogP contribution in [-0.2, 0) is 11.2 Å². The van der Waals surface area contributed by atoms with E-state index in [2.05, 4.69) is 10.3 Å². The number of thioether (sulfide) groups is 2. The fourth-order valence-corrected chi connectivity index (χ4v) is 4.82. The quantitative estimate of drug-likeness (QED) is 0.491. The summed E-state index contributed by atoms with van der Waals surface area (Å²) in [5.74, 6) is 0.349. The molecule has 148 valence electrons. The van der Waals surface area contributed by atoms with Crippen molar-refractivity contribution in [3.8, 4) is 5.69 Å². The molecule has 0 radical (unpaired) electrons. The number of nitrogens with zero attached hydrogens (tertiary/aromatic N) is 2. The SMILES string of the molecule is Cc1ccc(NC(=O)CSc2nc3c(c(=O)n2-c2ccc(F)cc2)SCC3)cc1. The van der Waals surface area contributed by atoms with E-state index < -0.39 is 0 Å². The number of aromatic nitrogens is 2. The van der Waals surface area contributed by atoms with Crippen LogP contribution in [0, 0.1) is 12.7 Å². The van der Waals surface area contributed by atoms with Gasteiger partial charge in [0.1, 0.15) is 5.82 Å². The highest BCUT2D eigenvalue weighted by Gasteiger charge is 2.23. The van der Waals surface area contributed by atoms with Crippen LogP contribution < -0.4 is 10.9 Å². The number of fused-ring (bicyclic) bond motifs is 1. The van der Waals surface area contributed by atoms with Crippen molar-refractivity contribution in [2.45, 2.75) is 23.4 Å². The van der Waals surface area contributed by atoms with Crippen LogP contribution in [0.1, 0.15) is 11.3 Å². The Labute approximate surface area is 175 Å². The van der Waals surface area contributed by atoms with E-state index in [0.717, 1.165) is 29.1 Å². The number of anilines is 1. The van der Waals surface area contributed by atoms with Crippen molar-refractivity contribution in [1.82, 2.24) is 9.55 Å². The van der Waals surface area contributed by atoms with Crippen LogP contribution in [0.25, 0.3) is 5.69 Å². The lowest BCUT2D eigenvalue weighted by Crippen LogP contribution is -2.24. The van der Waals surface area contributed by atoms with Crippen LogP contribution in [0.4, 0.5) is 10.1 Å². The zero-order chi connectivity index (χ0) is 20.4. The van der Waals surface area contributed by atoms with Gasteiger partial charge in [-0.05, 0) is 43.3 Å². The third-order valence-electron chi connectivity index (χ3n) is 4.42. The second-order valence-corrected chi connectivity index (χ2v) is 8.64. The molecule has 0 atom stereocenters. The summed E-state index contributed by atoms with van der Waals surface area (Å²) in [6.45, 7) is 1.98. The van der Waals surface area contributed by atoms with Crippen LogP contribution in [0.3, 0.4) is 0 Å². The Hall–Kier alpha value is -2.58. The summed E-state index contributed by atoms with van der Waals surface area (Å²) in [5, 5.41) is 3.28. The molecule has 5 nitrogen and oxygen atoms in total. The Morgan fingerprint density at radius 1 is 1.21 bits per heavy atom. The molecule has 8 heteroatoms. The van der Waals surface area contributed by atoms with Crippen molar-refractivity contribution in [2.75, 3.05) is 16.8 Å². The maximum atomic E-state index is 13.3. The van der Waals surface area contributed by atoms with Gasteiger partial charge in [-0.2, -0.15) is 0 Å². The molecule has 0 unspecified atom stereocenters. The molecule has 0 bridgehead atoms. The second kappa shape index (κ2) is 8.42. The molecule has 0 saturated carbocycles. The lowest BCUT2D eigenvalue weighted by Gasteiger charge is -2.13. The monoisotopic (exact) mass is 427 g/mol. The molecule has 1 N–H and O–H groups in total. The van der Waals surface area contributed by atoms with Gasteiger partial charge in [-0.25, -0.2) is 9.37 Å². The number of rotatable bonds is 5. The first-order valence-corrected chi connectivity index (χ1v) is 11.0. The first kappa shape index (κ1) is 19.7. The van der Waals surface area contributed by atoms with Gasteiger partial charge in [0, 0.05) is 17.9 Å². The third kappa shape index (κ3) is 4.38. The standard InChI is InChI=1S/C21H18FN3O2S2/c1-13-2-6-15(7-3-13)23-18(26)12-29-21-24-17-10-11-28-19(17)20(27)25(21)16-8-4-14(22)5-9-16/h2-9H,10-12H2,1H3,(H,23,26). The van der Waals surface area contributed by atoms with E-state index in [-0.39, 0.29) is 23.0 Å². The topological polar surface area (TPSA) is 64.0 Å². The highest BCUT2D eigenvalue weighted by atomic mass is 32.2. The zero-order valence-corrected chi connectivity index (χ0v) is 17.3. The number of aryl methyl sites for hydroxylation is 2. The minimum absolute atomic E-state index is 0.105. The van der Waals surface area contributed by atoms with Gasteiger partial charge in [0.05, 0.1) is 22.0 Å². The Morgan fingerprint density at radius 3 is 2.66 bits per heavy atom. The smallest absolute Gasteiger partial charge is 0.272 e. The largest absolute Gasteiger partial charge is 0.325 e. The first-order valence-electron chi connectivity index (χ1n) is 9.05. The minimum atomic E-state index is -0.378. The molecule has 1 aliphatic rings. The summed E-state index contributed by atoms with van der Waals surface area (Å²) in [6, 6.07) is 13.2. The maximum Gasteiger partial charge on any atom is 0.272 e. The molecule has 29 heavy (non-hydrogen) atoms. The number of carbonyl (C=O) groups excluding carboxylic acids is 1. The van der Waals surface area contributed by atoms with E-state index in [1.807, 2.05) is 31.2 Å². The van der Waals surface area contributed by atoms with Crippen molar-refractivity contribution in [2.24, 2.45) is 0 Å². The number of amides is 1. The van der Waals surface area contributed by atoms with Gasteiger partial charge < -0.3 is 5.32 Å². The van der Waals surface area contributed by atoms with Gasteiger partial charge in [-0.15, -0.1) is 11.8 Å². The average Bonchev–Trinajstić information content (AvgIpc) is 3.18. The summed E-state index contributed by atoms with van der Waals surface area (Å²) in [7, 11) is 0. The van der Waals surface area contributed by atoms with Gasteiger partial charge >= 0.3 is 0 Å². The predicted octanol–water partition coefficient (Wildman–Crippen LogP) is 4.06. The minimum Gasteiger partial charge on any atom is -0.325 e. The molecule has 1 amide bonds. The molecule has 3 aromatic rings. The summed E-state index contributed by atoms with van der Waals surface area (Å²) >= 11 is 2.68. The number of benzene rings is 2. The first-order chi connectivity index (χ1) is 14.0. The Balaban J connectivity index is 1.60. The lowest BCUT2D eigenvalue weighted by atomic mass is 10.2. The Bertz CT molecular complexity index is 1110. The van der Waals surface area contributed by atoms with E-state index in [0.29, 0.717) is 15.7 Å². The van der Waals surface area contributed by atoms with Crippen molar-refractivity contribution < 1.29 is 9.18 Å². The van der Waals surface area contributed by atoms with Crippen LogP contribution in [-0.4, -0.2) is 27.0 Å². The Morgan fingerprint density at radius 2 is 1.93 bits per heavy atom. The molecule has 0 saturated heterocycles. The number of hydrogen-bond acceptors (Lipinski definition) is 5. The third-order valence-corrected chi connectivity index (χ3v) is 6.46. The second-order valence-electron chi connectivity index (χ2n) is 6.59. The molecule has 0 fully saturated rings. The van der Waals surface area contributed by atoms with Crippen LogP contribution in [0.15, 0.2) is 63.4 Å². The molecular formula is C21H18FN3O2S2. The van der Waals surface area contributed by atoms with E-state index in [1.165, 1.54) is 40.2 Å². The highest BCUT2D eigenvalue weighted by molar-refractivity contribution is 8.00. The molecule has 2 aromatic carbocycles. The van der Waals surface area contributed by atoms with Gasteiger partial charge in [0.2, 0.25) is 5.91 Å². The van der Waals surface area contributed by atoms with Gasteiger partial charge in [0.25, 0.3) is 5.56 Å². The molecule has 0 spiro atoms. The molecular weight excluding hydrogens is 409 g/mol. The molecule has 4 rings (SSSR count). The molecule has 1 aromatic heterocycles. The number of nitrogens with one attached hydrogen (secondary N) is 1. The number of hydrogen-bond donors (Lipinski definition) is 1. The van der Waals surface area contributed by atoms with Crippen LogP contribution in [0.5, 0.6) is 0 Å². The molecule has 0 aliphatic carbocycles. The van der Waals surface area contributed by atoms with Gasteiger partial charge in [0.15, 0.2) is 5.16 Å². The fraction of sp³-hybridized carbons (Fsp3) is 0.190. The van der Waals surface area contributed by atoms with Crippen molar-refractivity contribution in [3.05, 3.63) is 76.0 Å². The predicted molar refractivity (Wildman–Crippen MR) is 115 cm³/mol. The summed E-state index contributed by atoms with van der Waals surface area (Å²) in [5.41, 5.74) is 2.95. The van der Waals surface area contributed by atoms with Crippen molar-refractivity contribution in [3.63, 3.8) is 0 Å². The van der Waals surface area contributed by atoms with Crippen molar-refractivity contribution in [1.29, 1.82) is 0 Å². The Kier molecular flexibility index (Phi) is 5.73. The van der Waals surface area contributed by atoms with Gasteiger partial charge in [-0.3, -0.25) is 14.2 Å². The fourth-order valence-electron chi connectivity index (χ4n) is 2.97. The van der Waals surface area contributed by atoms with Crippen LogP contribution in [0.2, 0.25) is 0 Å². The highest BCUT2D eigenvalue weighted by Crippen LogP contribution is 2.30. The van der Waals surface area contributed by atoms with Gasteiger partial charge in [-0.1, -0.05) is 29.5 Å². The summed E-state index contributed by atoms with van der Waals surface area (Å²) < 4.78 is 14.8. The average molecular weight is 428 g/mol. The van der Waals surface area contributed by atoms with E-state index >= 15 is 0 Å². The van der Waals surface area contributed by atoms with Crippen molar-refractivity contribution >= 4 is 35.1 Å². The summed E-state index contributed by atoms with van der Waals surface area (Å²) in [6.07, 6.45) is 0.725. The number of carbonyl (C=O) groups is 1. The van der Waals surface area contributed by atoms with E-state index in [1.54, 1.807) is 12.1 Å². The molecule has 2 heterocycles. The zero-order valence-electron chi connectivity index (χ0n) is 15.6. The lowest BCUT2D eigenvalue weighted by molar-refractivity contribution is -0.113.